The molecule has 160 valence electrons. The molecule has 0 aliphatic rings. The summed E-state index contributed by atoms with van der Waals surface area (Å²) in [5.74, 6) is -0.828. The van der Waals surface area contributed by atoms with Gasteiger partial charge in [-0.05, 0) is 59.2 Å². The summed E-state index contributed by atoms with van der Waals surface area (Å²) in [4.78, 5) is 17.1. The van der Waals surface area contributed by atoms with Crippen molar-refractivity contribution in [3.63, 3.8) is 0 Å². The minimum absolute atomic E-state index is 0.0359. The summed E-state index contributed by atoms with van der Waals surface area (Å²) in [5.41, 5.74) is 0.00473. The SMILES string of the molecule is CC(C)(C)OC(=O)Cc1ncc(C(N[S@@](=O)C(C)(C)C)c2ccc(F)cc2Cl)s1. The molecule has 0 aliphatic heterocycles. The summed E-state index contributed by atoms with van der Waals surface area (Å²) in [6, 6.07) is 3.52. The molecule has 29 heavy (non-hydrogen) atoms. The molecule has 0 saturated carbocycles. The number of thiazole rings is 1. The van der Waals surface area contributed by atoms with Gasteiger partial charge in [0.1, 0.15) is 16.4 Å². The van der Waals surface area contributed by atoms with Crippen molar-refractivity contribution in [2.24, 2.45) is 0 Å². The van der Waals surface area contributed by atoms with E-state index in [0.717, 1.165) is 4.88 Å². The number of halogens is 2. The van der Waals surface area contributed by atoms with E-state index >= 15 is 0 Å². The zero-order chi connectivity index (χ0) is 22.0. The number of esters is 1. The van der Waals surface area contributed by atoms with Gasteiger partial charge in [-0.15, -0.1) is 11.3 Å². The van der Waals surface area contributed by atoms with Gasteiger partial charge in [-0.1, -0.05) is 17.7 Å². The van der Waals surface area contributed by atoms with Gasteiger partial charge in [0.25, 0.3) is 0 Å². The fourth-order valence-electron chi connectivity index (χ4n) is 2.33. The molecule has 1 N–H and O–H groups in total. The fourth-order valence-corrected chi connectivity index (χ4v) is 4.48. The third-order valence-electron chi connectivity index (χ3n) is 3.63. The summed E-state index contributed by atoms with van der Waals surface area (Å²) in [7, 11) is -1.41. The maximum atomic E-state index is 13.5. The lowest BCUT2D eigenvalue weighted by Gasteiger charge is -2.24. The van der Waals surface area contributed by atoms with Gasteiger partial charge in [-0.25, -0.2) is 18.3 Å². The van der Waals surface area contributed by atoms with Crippen molar-refractivity contribution in [2.75, 3.05) is 0 Å². The molecule has 0 amide bonds. The number of carbonyl (C=O) groups is 1. The van der Waals surface area contributed by atoms with E-state index < -0.39 is 33.2 Å². The number of hydrogen-bond acceptors (Lipinski definition) is 5. The van der Waals surface area contributed by atoms with Gasteiger partial charge in [0.2, 0.25) is 0 Å². The van der Waals surface area contributed by atoms with Gasteiger partial charge in [0.15, 0.2) is 0 Å². The highest BCUT2D eigenvalue weighted by Crippen LogP contribution is 2.33. The Balaban J connectivity index is 2.33. The van der Waals surface area contributed by atoms with Crippen molar-refractivity contribution in [3.8, 4) is 0 Å². The average Bonchev–Trinajstić information content (AvgIpc) is 2.98. The van der Waals surface area contributed by atoms with Gasteiger partial charge in [0, 0.05) is 16.1 Å². The molecule has 2 aromatic rings. The Morgan fingerprint density at radius 2 is 1.97 bits per heavy atom. The number of aromatic nitrogens is 1. The Morgan fingerprint density at radius 3 is 2.52 bits per heavy atom. The third-order valence-corrected chi connectivity index (χ3v) is 6.58. The van der Waals surface area contributed by atoms with Gasteiger partial charge < -0.3 is 4.74 Å². The number of hydrogen-bond donors (Lipinski definition) is 1. The molecule has 1 unspecified atom stereocenters. The van der Waals surface area contributed by atoms with Gasteiger partial charge >= 0.3 is 5.97 Å². The van der Waals surface area contributed by atoms with E-state index in [1.807, 2.05) is 20.8 Å². The van der Waals surface area contributed by atoms with Crippen LogP contribution in [-0.2, 0) is 26.9 Å². The second-order valence-corrected chi connectivity index (χ2v) is 12.1. The number of nitrogens with one attached hydrogen (secondary N) is 1. The summed E-state index contributed by atoms with van der Waals surface area (Å²) < 4.78 is 34.1. The molecule has 0 spiro atoms. The molecular formula is C20H26ClFN2O3S2. The highest BCUT2D eigenvalue weighted by atomic mass is 35.5. The van der Waals surface area contributed by atoms with Crippen molar-refractivity contribution >= 4 is 39.9 Å². The van der Waals surface area contributed by atoms with E-state index in [1.165, 1.54) is 23.5 Å². The summed E-state index contributed by atoms with van der Waals surface area (Å²) in [5, 5.41) is 0.788. The number of nitrogens with zero attached hydrogens (tertiary/aromatic N) is 1. The van der Waals surface area contributed by atoms with E-state index in [4.69, 9.17) is 16.3 Å². The van der Waals surface area contributed by atoms with Gasteiger partial charge in [-0.3, -0.25) is 4.79 Å². The second kappa shape index (κ2) is 9.20. The van der Waals surface area contributed by atoms with E-state index in [2.05, 4.69) is 9.71 Å². The van der Waals surface area contributed by atoms with Crippen LogP contribution in [0, 0.1) is 5.82 Å². The van der Waals surface area contributed by atoms with E-state index in [9.17, 15) is 13.4 Å². The van der Waals surface area contributed by atoms with Crippen LogP contribution >= 0.6 is 22.9 Å². The van der Waals surface area contributed by atoms with Crippen molar-refractivity contribution < 1.29 is 18.1 Å². The van der Waals surface area contributed by atoms with E-state index in [1.54, 1.807) is 33.0 Å². The predicted molar refractivity (Wildman–Crippen MR) is 116 cm³/mol. The molecular weight excluding hydrogens is 435 g/mol. The zero-order valence-electron chi connectivity index (χ0n) is 17.3. The highest BCUT2D eigenvalue weighted by molar-refractivity contribution is 7.84. The average molecular weight is 461 g/mol. The van der Waals surface area contributed by atoms with E-state index in [0.29, 0.717) is 10.6 Å². The zero-order valence-corrected chi connectivity index (χ0v) is 19.7. The van der Waals surface area contributed by atoms with Gasteiger partial charge in [0.05, 0.1) is 28.2 Å². The first-order chi connectivity index (χ1) is 13.3. The lowest BCUT2D eigenvalue weighted by atomic mass is 10.1. The standard InChI is InChI=1S/C20H26ClFN2O3S2/c1-19(2,3)27-17(25)10-16-23-11-15(28-16)18(24-29(26)20(4,5)6)13-8-7-12(22)9-14(13)21/h7-9,11,18,24H,10H2,1-6H3/t18?,29-/m0/s1. The van der Waals surface area contributed by atoms with Crippen molar-refractivity contribution in [1.29, 1.82) is 0 Å². The highest BCUT2D eigenvalue weighted by Gasteiger charge is 2.28. The van der Waals surface area contributed by atoms with Crippen LogP contribution in [0.2, 0.25) is 5.02 Å². The van der Waals surface area contributed by atoms with Crippen molar-refractivity contribution in [1.82, 2.24) is 9.71 Å². The van der Waals surface area contributed by atoms with Crippen LogP contribution in [0.25, 0.3) is 0 Å². The molecule has 0 aliphatic carbocycles. The van der Waals surface area contributed by atoms with Crippen LogP contribution in [0.15, 0.2) is 24.4 Å². The molecule has 0 bridgehead atoms. The quantitative estimate of drug-likeness (QED) is 0.618. The first-order valence-electron chi connectivity index (χ1n) is 9.06. The predicted octanol–water partition coefficient (Wildman–Crippen LogP) is 4.96. The Hall–Kier alpha value is -1.35. The number of ether oxygens (including phenoxy) is 1. The van der Waals surface area contributed by atoms with Crippen LogP contribution in [0.5, 0.6) is 0 Å². The first kappa shape index (κ1) is 23.9. The largest absolute Gasteiger partial charge is 0.460 e. The Bertz CT molecular complexity index is 904. The lowest BCUT2D eigenvalue weighted by Crippen LogP contribution is -2.36. The molecule has 1 aromatic carbocycles. The second-order valence-electron chi connectivity index (χ2n) is 8.52. The van der Waals surface area contributed by atoms with Crippen LogP contribution in [0.1, 0.15) is 63.0 Å². The van der Waals surface area contributed by atoms with Crippen LogP contribution < -0.4 is 4.72 Å². The monoisotopic (exact) mass is 460 g/mol. The molecule has 9 heteroatoms. The smallest absolute Gasteiger partial charge is 0.313 e. The van der Waals surface area contributed by atoms with Crippen LogP contribution in [0.3, 0.4) is 0 Å². The number of rotatable bonds is 6. The van der Waals surface area contributed by atoms with Crippen molar-refractivity contribution in [3.05, 3.63) is 50.7 Å². The molecule has 0 radical (unpaired) electrons. The van der Waals surface area contributed by atoms with E-state index in [-0.39, 0.29) is 17.4 Å². The maximum absolute atomic E-state index is 13.5. The number of carbonyl (C=O) groups excluding carboxylic acids is 1. The Labute approximate surface area is 182 Å². The van der Waals surface area contributed by atoms with Gasteiger partial charge in [-0.2, -0.15) is 0 Å². The Morgan fingerprint density at radius 1 is 1.31 bits per heavy atom. The fraction of sp³-hybridized carbons (Fsp3) is 0.500. The minimum Gasteiger partial charge on any atom is -0.460 e. The molecule has 2 rings (SSSR count). The topological polar surface area (TPSA) is 68.3 Å². The molecule has 1 aromatic heterocycles. The first-order valence-corrected chi connectivity index (χ1v) is 11.4. The summed E-state index contributed by atoms with van der Waals surface area (Å²) in [6.45, 7) is 10.9. The Kier molecular flexibility index (Phi) is 7.59. The lowest BCUT2D eigenvalue weighted by molar-refractivity contribution is -0.153. The molecule has 0 fully saturated rings. The van der Waals surface area contributed by atoms with Crippen molar-refractivity contribution in [2.45, 2.75) is 64.4 Å². The molecule has 5 nitrogen and oxygen atoms in total. The number of benzene rings is 1. The maximum Gasteiger partial charge on any atom is 0.313 e. The summed E-state index contributed by atoms with van der Waals surface area (Å²) in [6.07, 6.45) is 1.65. The molecule has 1 heterocycles. The normalized spacial score (nSPS) is 14.5. The van der Waals surface area contributed by atoms with Crippen LogP contribution in [0.4, 0.5) is 4.39 Å². The van der Waals surface area contributed by atoms with Crippen LogP contribution in [-0.4, -0.2) is 25.5 Å². The third kappa shape index (κ3) is 7.13. The molecule has 0 saturated heterocycles. The molecule has 2 atom stereocenters. The minimum atomic E-state index is -1.41. The summed E-state index contributed by atoms with van der Waals surface area (Å²) >= 11 is 7.56.